The Hall–Kier alpha value is -1.42. The van der Waals surface area contributed by atoms with Crippen LogP contribution in [0.5, 0.6) is 10.9 Å². The number of rotatable bonds is 2. The van der Waals surface area contributed by atoms with Gasteiger partial charge in [0.2, 0.25) is 0 Å². The first-order chi connectivity index (χ1) is 6.34. The van der Waals surface area contributed by atoms with Crippen LogP contribution < -0.4 is 4.74 Å². The zero-order chi connectivity index (χ0) is 9.10. The molecule has 0 aliphatic rings. The first-order valence-electron chi connectivity index (χ1n) is 3.84. The fourth-order valence-electron chi connectivity index (χ4n) is 0.876. The lowest BCUT2D eigenvalue weighted by Gasteiger charge is -1.99. The van der Waals surface area contributed by atoms with E-state index in [1.165, 1.54) is 11.3 Å². The quantitative estimate of drug-likeness (QED) is 0.733. The monoisotopic (exact) mass is 192 g/mol. The van der Waals surface area contributed by atoms with Crippen LogP contribution in [0, 0.1) is 6.92 Å². The topological polar surface area (TPSA) is 35.0 Å². The molecule has 0 fully saturated rings. The van der Waals surface area contributed by atoms with E-state index in [2.05, 4.69) is 9.97 Å². The van der Waals surface area contributed by atoms with Gasteiger partial charge in [0.25, 0.3) is 5.19 Å². The third-order valence-corrected chi connectivity index (χ3v) is 2.15. The average Bonchev–Trinajstić information content (AvgIpc) is 2.62. The van der Waals surface area contributed by atoms with Gasteiger partial charge in [0.15, 0.2) is 0 Å². The molecule has 13 heavy (non-hydrogen) atoms. The van der Waals surface area contributed by atoms with Crippen molar-refractivity contribution in [3.8, 4) is 10.9 Å². The Morgan fingerprint density at radius 2 is 2.23 bits per heavy atom. The standard InChI is InChI=1S/C9H8N2OS/c1-7-2-3-8(6-11-7)12-9-10-4-5-13-9/h2-6H,1H3. The van der Waals surface area contributed by atoms with Gasteiger partial charge in [0.05, 0.1) is 6.20 Å². The number of nitrogens with zero attached hydrogens (tertiary/aromatic N) is 2. The van der Waals surface area contributed by atoms with Crippen molar-refractivity contribution < 1.29 is 4.74 Å². The van der Waals surface area contributed by atoms with Gasteiger partial charge in [-0.15, -0.1) is 0 Å². The summed E-state index contributed by atoms with van der Waals surface area (Å²) in [6, 6.07) is 3.78. The predicted molar refractivity (Wildman–Crippen MR) is 51.2 cm³/mol. The zero-order valence-electron chi connectivity index (χ0n) is 7.10. The number of hydrogen-bond acceptors (Lipinski definition) is 4. The predicted octanol–water partition coefficient (Wildman–Crippen LogP) is 2.64. The van der Waals surface area contributed by atoms with E-state index in [0.29, 0.717) is 5.19 Å². The summed E-state index contributed by atoms with van der Waals surface area (Å²) in [5, 5.41) is 2.52. The summed E-state index contributed by atoms with van der Waals surface area (Å²) >= 11 is 1.46. The summed E-state index contributed by atoms with van der Waals surface area (Å²) < 4.78 is 5.42. The van der Waals surface area contributed by atoms with Gasteiger partial charge < -0.3 is 4.74 Å². The highest BCUT2D eigenvalue weighted by Gasteiger charge is 1.98. The fourth-order valence-corrected chi connectivity index (χ4v) is 1.38. The molecule has 0 bridgehead atoms. The normalized spacial score (nSPS) is 9.92. The number of aromatic nitrogens is 2. The summed E-state index contributed by atoms with van der Waals surface area (Å²) in [5.74, 6) is 0.723. The van der Waals surface area contributed by atoms with Gasteiger partial charge in [-0.2, -0.15) is 0 Å². The zero-order valence-corrected chi connectivity index (χ0v) is 7.91. The molecule has 2 rings (SSSR count). The maximum atomic E-state index is 5.42. The minimum atomic E-state index is 0.644. The third-order valence-electron chi connectivity index (χ3n) is 1.50. The molecule has 0 radical (unpaired) electrons. The molecule has 66 valence electrons. The van der Waals surface area contributed by atoms with E-state index in [0.717, 1.165) is 11.4 Å². The van der Waals surface area contributed by atoms with E-state index < -0.39 is 0 Å². The molecule has 0 atom stereocenters. The molecule has 2 aromatic rings. The number of thiazole rings is 1. The minimum Gasteiger partial charge on any atom is -0.429 e. The Kier molecular flexibility index (Phi) is 2.23. The van der Waals surface area contributed by atoms with Crippen molar-refractivity contribution >= 4 is 11.3 Å². The summed E-state index contributed by atoms with van der Waals surface area (Å²) in [5.41, 5.74) is 0.978. The summed E-state index contributed by atoms with van der Waals surface area (Å²) in [7, 11) is 0. The molecule has 0 amide bonds. The molecule has 0 aromatic carbocycles. The molecule has 4 heteroatoms. The van der Waals surface area contributed by atoms with Crippen molar-refractivity contribution in [2.45, 2.75) is 6.92 Å². The fraction of sp³-hybridized carbons (Fsp3) is 0.111. The highest BCUT2D eigenvalue weighted by molar-refractivity contribution is 7.11. The van der Waals surface area contributed by atoms with E-state index in [1.807, 2.05) is 24.4 Å². The first kappa shape index (κ1) is 8.19. The maximum Gasteiger partial charge on any atom is 0.278 e. The maximum absolute atomic E-state index is 5.42. The Balaban J connectivity index is 2.15. The van der Waals surface area contributed by atoms with Crippen LogP contribution in [0.2, 0.25) is 0 Å². The lowest BCUT2D eigenvalue weighted by atomic mass is 10.4. The molecular formula is C9H8N2OS. The molecular weight excluding hydrogens is 184 g/mol. The molecule has 0 unspecified atom stereocenters. The van der Waals surface area contributed by atoms with Crippen LogP contribution >= 0.6 is 11.3 Å². The van der Waals surface area contributed by atoms with Gasteiger partial charge in [-0.1, -0.05) is 11.3 Å². The van der Waals surface area contributed by atoms with E-state index in [-0.39, 0.29) is 0 Å². The minimum absolute atomic E-state index is 0.644. The van der Waals surface area contributed by atoms with Crippen LogP contribution in [0.1, 0.15) is 5.69 Å². The van der Waals surface area contributed by atoms with Crippen LogP contribution in [0.15, 0.2) is 29.9 Å². The van der Waals surface area contributed by atoms with Crippen LogP contribution in [-0.2, 0) is 0 Å². The summed E-state index contributed by atoms with van der Waals surface area (Å²) in [6.07, 6.45) is 3.40. The molecule has 0 aliphatic carbocycles. The highest BCUT2D eigenvalue weighted by atomic mass is 32.1. The molecule has 0 saturated heterocycles. The number of hydrogen-bond donors (Lipinski definition) is 0. The van der Waals surface area contributed by atoms with Gasteiger partial charge in [-0.25, -0.2) is 4.98 Å². The van der Waals surface area contributed by atoms with Crippen LogP contribution in [0.25, 0.3) is 0 Å². The van der Waals surface area contributed by atoms with Crippen molar-refractivity contribution in [1.82, 2.24) is 9.97 Å². The first-order valence-corrected chi connectivity index (χ1v) is 4.72. The SMILES string of the molecule is Cc1ccc(Oc2nccs2)cn1. The van der Waals surface area contributed by atoms with Crippen molar-refractivity contribution in [3.63, 3.8) is 0 Å². The van der Waals surface area contributed by atoms with Gasteiger partial charge in [-0.3, -0.25) is 4.98 Å². The Morgan fingerprint density at radius 3 is 2.85 bits per heavy atom. The van der Waals surface area contributed by atoms with Crippen LogP contribution in [0.4, 0.5) is 0 Å². The molecule has 0 spiro atoms. The van der Waals surface area contributed by atoms with E-state index in [4.69, 9.17) is 4.74 Å². The molecule has 0 aliphatic heterocycles. The van der Waals surface area contributed by atoms with Gasteiger partial charge in [-0.05, 0) is 19.1 Å². The Labute approximate surface area is 80.0 Å². The molecule has 0 N–H and O–H groups in total. The van der Waals surface area contributed by atoms with Gasteiger partial charge in [0.1, 0.15) is 5.75 Å². The van der Waals surface area contributed by atoms with Crippen LogP contribution in [-0.4, -0.2) is 9.97 Å². The molecule has 2 aromatic heterocycles. The smallest absolute Gasteiger partial charge is 0.278 e. The van der Waals surface area contributed by atoms with E-state index >= 15 is 0 Å². The lowest BCUT2D eigenvalue weighted by molar-refractivity contribution is 0.476. The van der Waals surface area contributed by atoms with Crippen molar-refractivity contribution in [2.75, 3.05) is 0 Å². The van der Waals surface area contributed by atoms with Gasteiger partial charge >= 0.3 is 0 Å². The van der Waals surface area contributed by atoms with Crippen LogP contribution in [0.3, 0.4) is 0 Å². The van der Waals surface area contributed by atoms with Gasteiger partial charge in [0, 0.05) is 17.3 Å². The molecule has 0 saturated carbocycles. The van der Waals surface area contributed by atoms with Crippen molar-refractivity contribution in [1.29, 1.82) is 0 Å². The second kappa shape index (κ2) is 3.53. The number of ether oxygens (including phenoxy) is 1. The van der Waals surface area contributed by atoms with E-state index in [9.17, 15) is 0 Å². The van der Waals surface area contributed by atoms with Crippen molar-refractivity contribution in [2.24, 2.45) is 0 Å². The Morgan fingerprint density at radius 1 is 1.31 bits per heavy atom. The number of pyridine rings is 1. The molecule has 2 heterocycles. The highest BCUT2D eigenvalue weighted by Crippen LogP contribution is 2.22. The average molecular weight is 192 g/mol. The third kappa shape index (κ3) is 2.03. The van der Waals surface area contributed by atoms with Crippen molar-refractivity contribution in [3.05, 3.63) is 35.6 Å². The Bertz CT molecular complexity index is 369. The summed E-state index contributed by atoms with van der Waals surface area (Å²) in [6.45, 7) is 1.94. The van der Waals surface area contributed by atoms with E-state index in [1.54, 1.807) is 12.4 Å². The number of aryl methyl sites for hydroxylation is 1. The second-order valence-corrected chi connectivity index (χ2v) is 3.39. The summed E-state index contributed by atoms with van der Waals surface area (Å²) in [4.78, 5) is 8.11. The lowest BCUT2D eigenvalue weighted by Crippen LogP contribution is -1.85. The second-order valence-electron chi connectivity index (χ2n) is 2.54. The molecule has 3 nitrogen and oxygen atoms in total. The largest absolute Gasteiger partial charge is 0.429 e.